The number of rotatable bonds is 8. The molecule has 0 fully saturated rings. The predicted molar refractivity (Wildman–Crippen MR) is 129 cm³/mol. The lowest BCUT2D eigenvalue weighted by atomic mass is 10.0. The number of aromatic nitrogens is 1. The molecule has 1 heterocycles. The van der Waals surface area contributed by atoms with E-state index in [0.29, 0.717) is 30.9 Å². The zero-order chi connectivity index (χ0) is 25.8. The lowest BCUT2D eigenvalue weighted by Crippen LogP contribution is -2.37. The van der Waals surface area contributed by atoms with Crippen LogP contribution in [0.4, 0.5) is 10.2 Å². The van der Waals surface area contributed by atoms with Crippen LogP contribution >= 0.6 is 0 Å². The van der Waals surface area contributed by atoms with Crippen LogP contribution < -0.4 is 15.4 Å². The number of benzene rings is 2. The number of nitrogens with one attached hydrogen (secondary N) is 1. The summed E-state index contributed by atoms with van der Waals surface area (Å²) in [5, 5.41) is 23.6. The van der Waals surface area contributed by atoms with Crippen LogP contribution in [0.2, 0.25) is 0 Å². The van der Waals surface area contributed by atoms with E-state index in [1.165, 1.54) is 12.1 Å². The minimum Gasteiger partial charge on any atom is -0.497 e. The van der Waals surface area contributed by atoms with Gasteiger partial charge >= 0.3 is 11.9 Å². The number of carboxylic acids is 2. The molecule has 0 aliphatic rings. The second-order valence-corrected chi connectivity index (χ2v) is 7.12. The third-order valence-electron chi connectivity index (χ3n) is 4.59. The molecule has 0 unspecified atom stereocenters. The Morgan fingerprint density at radius 1 is 1.03 bits per heavy atom. The average molecular weight is 480 g/mol. The summed E-state index contributed by atoms with van der Waals surface area (Å²) >= 11 is 0. The number of carbonyl (C=O) groups is 2. The lowest BCUT2D eigenvalue weighted by Gasteiger charge is -2.24. The number of halogens is 1. The molecule has 0 aliphatic heterocycles. The molecule has 0 amide bonds. The van der Waals surface area contributed by atoms with Gasteiger partial charge in [-0.15, -0.1) is 0 Å². The van der Waals surface area contributed by atoms with Gasteiger partial charge in [0, 0.05) is 24.8 Å². The Morgan fingerprint density at radius 3 is 2.11 bits per heavy atom. The first-order valence-electron chi connectivity index (χ1n) is 10.3. The monoisotopic (exact) mass is 480 g/mol. The number of carboxylic acid groups (broad SMARTS) is 2. The number of methoxy groups -OCH3 is 1. The number of guanidine groups is 1. The van der Waals surface area contributed by atoms with Crippen molar-refractivity contribution in [3.05, 3.63) is 102 Å². The number of nitrogens with zero attached hydrogens (tertiary/aromatic N) is 2. The normalized spacial score (nSPS) is 10.2. The highest BCUT2D eigenvalue weighted by molar-refractivity contribution is 5.92. The third-order valence-corrected chi connectivity index (χ3v) is 4.59. The highest BCUT2D eigenvalue weighted by atomic mass is 19.1. The molecule has 9 nitrogen and oxygen atoms in total. The van der Waals surface area contributed by atoms with Crippen LogP contribution in [0.15, 0.2) is 79.0 Å². The van der Waals surface area contributed by atoms with Gasteiger partial charge in [0.25, 0.3) is 0 Å². The highest BCUT2D eigenvalue weighted by Crippen LogP contribution is 2.23. The van der Waals surface area contributed by atoms with E-state index in [4.69, 9.17) is 26.1 Å². The summed E-state index contributed by atoms with van der Waals surface area (Å²) in [6.07, 6.45) is 3.43. The van der Waals surface area contributed by atoms with Gasteiger partial charge in [0.05, 0.1) is 13.7 Å². The number of anilines is 1. The summed E-state index contributed by atoms with van der Waals surface area (Å²) in [4.78, 5) is 25.2. The van der Waals surface area contributed by atoms with Crippen molar-refractivity contribution in [2.24, 2.45) is 5.73 Å². The Bertz CT molecular complexity index is 1170. The predicted octanol–water partition coefficient (Wildman–Crippen LogP) is 3.43. The number of hydrogen-bond donors (Lipinski definition) is 4. The molecule has 0 atom stereocenters. The van der Waals surface area contributed by atoms with Crippen LogP contribution in [0, 0.1) is 11.2 Å². The van der Waals surface area contributed by atoms with Crippen molar-refractivity contribution in [2.75, 3.05) is 12.0 Å². The number of nitrogens with two attached hydrogens (primary N) is 1. The van der Waals surface area contributed by atoms with Crippen molar-refractivity contribution >= 4 is 23.7 Å². The molecular formula is C25H25FN4O5. The van der Waals surface area contributed by atoms with E-state index >= 15 is 0 Å². The second kappa shape index (κ2) is 13.1. The van der Waals surface area contributed by atoms with Gasteiger partial charge in [0.15, 0.2) is 5.96 Å². The Kier molecular flexibility index (Phi) is 9.92. The van der Waals surface area contributed by atoms with E-state index in [2.05, 4.69) is 4.98 Å². The summed E-state index contributed by atoms with van der Waals surface area (Å²) in [6.45, 7) is 0.336. The van der Waals surface area contributed by atoms with Crippen LogP contribution in [-0.4, -0.2) is 40.2 Å². The molecule has 182 valence electrons. The molecule has 0 saturated heterocycles. The molecule has 1 aromatic heterocycles. The van der Waals surface area contributed by atoms with Gasteiger partial charge in [-0.25, -0.2) is 19.0 Å². The minimum absolute atomic E-state index is 0.117. The molecule has 0 saturated carbocycles. The van der Waals surface area contributed by atoms with E-state index in [1.54, 1.807) is 30.3 Å². The molecule has 35 heavy (non-hydrogen) atoms. The summed E-state index contributed by atoms with van der Waals surface area (Å²) in [5.74, 6) is -1.52. The number of ether oxygens (including phenoxy) is 1. The van der Waals surface area contributed by atoms with Crippen molar-refractivity contribution in [1.29, 1.82) is 5.41 Å². The van der Waals surface area contributed by atoms with E-state index in [0.717, 1.165) is 22.4 Å². The fraction of sp³-hybridized carbons (Fsp3) is 0.120. The van der Waals surface area contributed by atoms with Crippen molar-refractivity contribution in [3.63, 3.8) is 0 Å². The maximum Gasteiger partial charge on any atom is 0.328 e. The van der Waals surface area contributed by atoms with Crippen molar-refractivity contribution in [2.45, 2.75) is 13.0 Å². The zero-order valence-corrected chi connectivity index (χ0v) is 18.9. The van der Waals surface area contributed by atoms with Gasteiger partial charge in [-0.3, -0.25) is 10.3 Å². The van der Waals surface area contributed by atoms with E-state index in [1.807, 2.05) is 36.4 Å². The molecule has 2 aromatic carbocycles. The van der Waals surface area contributed by atoms with Crippen LogP contribution in [0.1, 0.15) is 16.7 Å². The summed E-state index contributed by atoms with van der Waals surface area (Å²) in [5.41, 5.74) is 8.70. The van der Waals surface area contributed by atoms with Crippen LogP contribution in [0.3, 0.4) is 0 Å². The fourth-order valence-corrected chi connectivity index (χ4v) is 2.96. The Labute approximate surface area is 201 Å². The summed E-state index contributed by atoms with van der Waals surface area (Å²) in [7, 11) is 1.63. The first-order valence-corrected chi connectivity index (χ1v) is 10.3. The first kappa shape index (κ1) is 26.5. The van der Waals surface area contributed by atoms with Crippen molar-refractivity contribution < 1.29 is 28.9 Å². The molecular weight excluding hydrogens is 455 g/mol. The highest BCUT2D eigenvalue weighted by Gasteiger charge is 2.16. The van der Waals surface area contributed by atoms with Crippen LogP contribution in [0.5, 0.6) is 5.75 Å². The summed E-state index contributed by atoms with van der Waals surface area (Å²) in [6, 6.07) is 17.8. The number of hydrogen-bond acceptors (Lipinski definition) is 5. The Hall–Kier alpha value is -4.73. The molecule has 0 spiro atoms. The van der Waals surface area contributed by atoms with Gasteiger partial charge in [-0.05, 0) is 47.0 Å². The average Bonchev–Trinajstić information content (AvgIpc) is 2.83. The fourth-order valence-electron chi connectivity index (χ4n) is 2.96. The molecule has 3 rings (SSSR count). The summed E-state index contributed by atoms with van der Waals surface area (Å²) < 4.78 is 18.4. The van der Waals surface area contributed by atoms with E-state index < -0.39 is 11.9 Å². The van der Waals surface area contributed by atoms with Gasteiger partial charge in [0.2, 0.25) is 0 Å². The van der Waals surface area contributed by atoms with Crippen molar-refractivity contribution in [1.82, 2.24) is 4.98 Å². The maximum absolute atomic E-state index is 13.2. The standard InChI is InChI=1S/C21H21FN4O.C4H4O4/c1-27-19-10-6-15(7-11-19)13-17-3-2-12-25-20(17)26(21(23)24)14-16-4-8-18(22)9-5-16;5-3(6)1-2-4(7)8/h2-12H,13-14H2,1H3,(H3,23,24);1-2H,(H,5,6)(H,7,8)/b;2-1-. The SMILES string of the molecule is COc1ccc(Cc2cccnc2N(Cc2ccc(F)cc2)C(=N)N)cc1.O=C(O)/C=C\C(=O)O. The topological polar surface area (TPSA) is 150 Å². The van der Waals surface area contributed by atoms with E-state index in [-0.39, 0.29) is 11.8 Å². The molecule has 5 N–H and O–H groups in total. The zero-order valence-electron chi connectivity index (χ0n) is 18.9. The van der Waals surface area contributed by atoms with E-state index in [9.17, 15) is 14.0 Å². The van der Waals surface area contributed by atoms with Crippen LogP contribution in [-0.2, 0) is 22.6 Å². The Morgan fingerprint density at radius 2 is 1.60 bits per heavy atom. The minimum atomic E-state index is -1.26. The lowest BCUT2D eigenvalue weighted by molar-refractivity contribution is -0.134. The third kappa shape index (κ3) is 8.97. The molecule has 3 aromatic rings. The maximum atomic E-state index is 13.2. The second-order valence-electron chi connectivity index (χ2n) is 7.12. The first-order chi connectivity index (χ1) is 16.7. The molecule has 0 radical (unpaired) electrons. The molecule has 10 heteroatoms. The molecule has 0 bridgehead atoms. The van der Waals surface area contributed by atoms with Gasteiger partial charge in [-0.1, -0.05) is 30.3 Å². The quantitative estimate of drug-likeness (QED) is 0.218. The number of pyridine rings is 1. The van der Waals surface area contributed by atoms with Gasteiger partial charge in [-0.2, -0.15) is 0 Å². The number of aliphatic carboxylic acids is 2. The van der Waals surface area contributed by atoms with Crippen molar-refractivity contribution in [3.8, 4) is 5.75 Å². The van der Waals surface area contributed by atoms with Gasteiger partial charge < -0.3 is 20.7 Å². The largest absolute Gasteiger partial charge is 0.497 e. The smallest absolute Gasteiger partial charge is 0.328 e. The van der Waals surface area contributed by atoms with Crippen LogP contribution in [0.25, 0.3) is 0 Å². The van der Waals surface area contributed by atoms with Gasteiger partial charge in [0.1, 0.15) is 17.4 Å². The molecule has 0 aliphatic carbocycles. The Balaban J connectivity index is 0.000000466.